The van der Waals surface area contributed by atoms with Gasteiger partial charge >= 0.3 is 141 Å². The number of cyclic esters (lactones) is 1. The van der Waals surface area contributed by atoms with E-state index in [0.29, 0.717) is 25.3 Å². The molecule has 0 aromatic heterocycles. The van der Waals surface area contributed by atoms with Gasteiger partial charge in [0.05, 0.1) is 0 Å². The molecular weight excluding hydrogens is 454 g/mol. The van der Waals surface area contributed by atoms with Crippen LogP contribution in [-0.2, 0) is 33.6 Å². The Morgan fingerprint density at radius 3 is 2.95 bits per heavy atom. The van der Waals surface area contributed by atoms with Gasteiger partial charge in [-0.2, -0.15) is 0 Å². The fourth-order valence-corrected chi connectivity index (χ4v) is 4.06. The Labute approximate surface area is 141 Å². The van der Waals surface area contributed by atoms with Crippen LogP contribution in [0.2, 0.25) is 0 Å². The zero-order valence-corrected chi connectivity index (χ0v) is 15.7. The summed E-state index contributed by atoms with van der Waals surface area (Å²) in [7, 11) is 1.61. The van der Waals surface area contributed by atoms with Gasteiger partial charge in [0.25, 0.3) is 0 Å². The Kier molecular flexibility index (Phi) is 6.13. The Morgan fingerprint density at radius 1 is 1.55 bits per heavy atom. The van der Waals surface area contributed by atoms with E-state index in [4.69, 9.17) is 9.47 Å². The van der Waals surface area contributed by atoms with E-state index in [-0.39, 0.29) is 11.8 Å². The van der Waals surface area contributed by atoms with E-state index in [1.54, 1.807) is 7.11 Å². The Balaban J connectivity index is 2.07. The number of hydrogen-bond acceptors (Lipinski definition) is 4. The maximum absolute atomic E-state index is 12.3. The minimum atomic E-state index is -0.507. The van der Waals surface area contributed by atoms with E-state index in [9.17, 15) is 9.59 Å². The third-order valence-electron chi connectivity index (χ3n) is 4.02. The number of nitrogens with zero attached hydrogens (tertiary/aromatic N) is 1. The molecule has 120 valence electrons. The van der Waals surface area contributed by atoms with E-state index >= 15 is 0 Å². The zero-order chi connectivity index (χ0) is 16.1. The van der Waals surface area contributed by atoms with Crippen molar-refractivity contribution < 1.29 is 38.4 Å². The quantitative estimate of drug-likeness (QED) is 0.463. The van der Waals surface area contributed by atoms with Crippen LogP contribution < -0.4 is 0 Å². The summed E-state index contributed by atoms with van der Waals surface area (Å²) in [6, 6.07) is 0. The zero-order valence-electron chi connectivity index (χ0n) is 12.8. The summed E-state index contributed by atoms with van der Waals surface area (Å²) in [5.74, 6) is 0.719. The topological polar surface area (TPSA) is 55.8 Å². The summed E-state index contributed by atoms with van der Waals surface area (Å²) in [5, 5.41) is 0. The second-order valence-corrected chi connectivity index (χ2v) is 7.09. The molecule has 2 fully saturated rings. The number of allylic oxidation sites excluding steroid dienone is 2. The Bertz CT molecular complexity index is 526. The predicted octanol–water partition coefficient (Wildman–Crippen LogP) is 2.35. The molecule has 0 aromatic rings. The molecule has 1 saturated heterocycles. The number of carbonyl (C=O) groups excluding carboxylic acids is 2. The molecule has 0 radical (unpaired) electrons. The number of ether oxygens (including phenoxy) is 2. The van der Waals surface area contributed by atoms with Gasteiger partial charge in [0.15, 0.2) is 0 Å². The van der Waals surface area contributed by atoms with Crippen molar-refractivity contribution in [1.29, 1.82) is 0 Å². The van der Waals surface area contributed by atoms with Crippen molar-refractivity contribution in [3.8, 4) is 0 Å². The van der Waals surface area contributed by atoms with Crippen molar-refractivity contribution in [2.75, 3.05) is 20.3 Å². The first-order valence-corrected chi connectivity index (χ1v) is 8.94. The second-order valence-electron chi connectivity index (χ2n) is 5.51. The van der Waals surface area contributed by atoms with Crippen molar-refractivity contribution in [2.24, 2.45) is 5.92 Å². The van der Waals surface area contributed by atoms with Gasteiger partial charge < -0.3 is 0 Å². The van der Waals surface area contributed by atoms with Crippen LogP contribution in [0.5, 0.6) is 0 Å². The minimum absolute atomic E-state index is 0.127. The average molecular weight is 475 g/mol. The molecule has 1 heterocycles. The standard InChI is InChI=1S/C16H21NO4.W/c1-12(20-2)9-13-5-3-4-6-14(10-13)11-15(18)17-7-8-21-16(17)19;/h9,14H,1,3-8,11H2,2H3;/b13-9-;. The summed E-state index contributed by atoms with van der Waals surface area (Å²) >= 11 is 1.37. The van der Waals surface area contributed by atoms with E-state index in [0.717, 1.165) is 25.7 Å². The van der Waals surface area contributed by atoms with Crippen LogP contribution in [0.25, 0.3) is 0 Å². The van der Waals surface area contributed by atoms with Crippen LogP contribution in [-0.4, -0.2) is 41.1 Å². The van der Waals surface area contributed by atoms with E-state index < -0.39 is 6.09 Å². The molecule has 6 heteroatoms. The first-order chi connectivity index (χ1) is 10.5. The van der Waals surface area contributed by atoms with Crippen LogP contribution in [0.15, 0.2) is 24.0 Å². The van der Waals surface area contributed by atoms with Gasteiger partial charge in [0, 0.05) is 0 Å². The van der Waals surface area contributed by atoms with E-state index in [2.05, 4.69) is 6.58 Å². The number of rotatable bonds is 4. The van der Waals surface area contributed by atoms with Crippen molar-refractivity contribution in [3.05, 3.63) is 24.0 Å². The molecular formula is C16H21NO4W. The molecule has 1 unspecified atom stereocenters. The number of hydrogen-bond donors (Lipinski definition) is 0. The molecule has 1 atom stereocenters. The summed E-state index contributed by atoms with van der Waals surface area (Å²) in [6.07, 6.45) is 6.04. The molecule has 1 saturated carbocycles. The molecule has 2 aliphatic rings. The summed E-state index contributed by atoms with van der Waals surface area (Å²) in [4.78, 5) is 25.1. The molecule has 1 aliphatic carbocycles. The van der Waals surface area contributed by atoms with Gasteiger partial charge in [0.2, 0.25) is 0 Å². The molecule has 2 amide bonds. The van der Waals surface area contributed by atoms with Gasteiger partial charge in [-0.1, -0.05) is 0 Å². The van der Waals surface area contributed by atoms with Crippen LogP contribution in [0.1, 0.15) is 32.1 Å². The molecule has 5 nitrogen and oxygen atoms in total. The van der Waals surface area contributed by atoms with Crippen LogP contribution >= 0.6 is 0 Å². The second kappa shape index (κ2) is 7.87. The van der Waals surface area contributed by atoms with Crippen molar-refractivity contribution in [2.45, 2.75) is 32.1 Å². The molecule has 22 heavy (non-hydrogen) atoms. The van der Waals surface area contributed by atoms with Crippen LogP contribution in [0.4, 0.5) is 4.79 Å². The summed E-state index contributed by atoms with van der Waals surface area (Å²) in [6.45, 7) is 4.53. The van der Waals surface area contributed by atoms with Crippen molar-refractivity contribution in [1.82, 2.24) is 4.90 Å². The predicted molar refractivity (Wildman–Crippen MR) is 78.9 cm³/mol. The maximum atomic E-state index is 12.3. The van der Waals surface area contributed by atoms with E-state index in [1.165, 1.54) is 33.7 Å². The van der Waals surface area contributed by atoms with Crippen LogP contribution in [0, 0.1) is 5.92 Å². The normalized spacial score (nSPS) is 24.1. The molecule has 2 rings (SSSR count). The Morgan fingerprint density at radius 2 is 2.32 bits per heavy atom. The SMILES string of the molecule is C=C(/C=C1/CCCCC(CC(=O)N2CCOC2=O)[C]1=[W])OC. The summed E-state index contributed by atoms with van der Waals surface area (Å²) < 4.78 is 11.3. The molecule has 0 spiro atoms. The molecule has 0 N–H and O–H groups in total. The molecule has 0 aromatic carbocycles. The van der Waals surface area contributed by atoms with Crippen molar-refractivity contribution in [3.63, 3.8) is 0 Å². The third-order valence-corrected chi connectivity index (χ3v) is 6.16. The molecule has 0 bridgehead atoms. The fourth-order valence-electron chi connectivity index (χ4n) is 2.75. The average Bonchev–Trinajstić information content (AvgIpc) is 2.86. The number of amides is 2. The van der Waals surface area contributed by atoms with Crippen LogP contribution in [0.3, 0.4) is 0 Å². The van der Waals surface area contributed by atoms with Gasteiger partial charge in [-0.05, 0) is 0 Å². The number of carbonyl (C=O) groups is 2. The van der Waals surface area contributed by atoms with Crippen molar-refractivity contribution >= 4 is 15.9 Å². The first-order valence-electron chi connectivity index (χ1n) is 7.47. The fraction of sp³-hybridized carbons (Fsp3) is 0.562. The number of imide groups is 1. The van der Waals surface area contributed by atoms with Gasteiger partial charge in [0.1, 0.15) is 0 Å². The van der Waals surface area contributed by atoms with Gasteiger partial charge in [-0.15, -0.1) is 0 Å². The monoisotopic (exact) mass is 475 g/mol. The van der Waals surface area contributed by atoms with Gasteiger partial charge in [-0.25, -0.2) is 0 Å². The summed E-state index contributed by atoms with van der Waals surface area (Å²) in [5.41, 5.74) is 1.24. The molecule has 1 aliphatic heterocycles. The first kappa shape index (κ1) is 17.1. The van der Waals surface area contributed by atoms with Gasteiger partial charge in [-0.3, -0.25) is 0 Å². The number of methoxy groups -OCH3 is 1. The Hall–Kier alpha value is -1.22. The van der Waals surface area contributed by atoms with E-state index in [1.807, 2.05) is 6.08 Å². The third kappa shape index (κ3) is 4.16.